The fourth-order valence-electron chi connectivity index (χ4n) is 2.63. The van der Waals surface area contributed by atoms with Crippen LogP contribution < -0.4 is 4.74 Å². The van der Waals surface area contributed by atoms with Crippen molar-refractivity contribution in [1.82, 2.24) is 0 Å². The zero-order chi connectivity index (χ0) is 13.8. The second-order valence-corrected chi connectivity index (χ2v) is 6.35. The minimum absolute atomic E-state index is 0.131. The molecular weight excluding hydrogens is 240 g/mol. The highest BCUT2D eigenvalue weighted by atomic mass is 16.5. The first-order valence-corrected chi connectivity index (χ1v) is 6.80. The number of aliphatic hydroxyl groups excluding tert-OH is 1. The van der Waals surface area contributed by atoms with Gasteiger partial charge < -0.3 is 14.3 Å². The van der Waals surface area contributed by atoms with Crippen LogP contribution in [0, 0.1) is 5.92 Å². The number of ether oxygens (including phenoxy) is 1. The highest BCUT2D eigenvalue weighted by Gasteiger charge is 2.33. The Balaban J connectivity index is 2.11. The van der Waals surface area contributed by atoms with Gasteiger partial charge in [-0.2, -0.15) is 0 Å². The van der Waals surface area contributed by atoms with E-state index in [1.807, 2.05) is 26.0 Å². The molecule has 2 heterocycles. The van der Waals surface area contributed by atoms with Gasteiger partial charge in [0.05, 0.1) is 0 Å². The largest absolute Gasteiger partial charge is 0.483 e. The highest BCUT2D eigenvalue weighted by Crippen LogP contribution is 2.42. The van der Waals surface area contributed by atoms with Gasteiger partial charge in [-0.3, -0.25) is 0 Å². The van der Waals surface area contributed by atoms with Crippen LogP contribution >= 0.6 is 0 Å². The monoisotopic (exact) mass is 260 g/mol. The molecule has 1 aliphatic rings. The van der Waals surface area contributed by atoms with Crippen LogP contribution in [0.25, 0.3) is 11.0 Å². The zero-order valence-corrected chi connectivity index (χ0v) is 11.9. The van der Waals surface area contributed by atoms with Gasteiger partial charge in [0.2, 0.25) is 0 Å². The zero-order valence-electron chi connectivity index (χ0n) is 11.9. The van der Waals surface area contributed by atoms with E-state index in [1.54, 1.807) is 0 Å². The molecule has 3 rings (SSSR count). The van der Waals surface area contributed by atoms with Crippen molar-refractivity contribution in [2.45, 2.75) is 45.8 Å². The minimum Gasteiger partial charge on any atom is -0.483 e. The number of benzene rings is 1. The average Bonchev–Trinajstić information content (AvgIpc) is 2.86. The smallest absolute Gasteiger partial charge is 0.176 e. The van der Waals surface area contributed by atoms with E-state index in [0.29, 0.717) is 5.76 Å². The molecule has 1 N–H and O–H groups in total. The van der Waals surface area contributed by atoms with Crippen molar-refractivity contribution in [3.8, 4) is 5.75 Å². The standard InChI is InChI=1S/C16H20O3/c1-9(2)13(17)12-7-10-5-6-11-8-16(3,4)19-15(11)14(10)18-12/h5-7,9,13,17H,8H2,1-4H3. The van der Waals surface area contributed by atoms with Gasteiger partial charge in [0.15, 0.2) is 11.3 Å². The molecule has 0 spiro atoms. The molecule has 2 aromatic rings. The van der Waals surface area contributed by atoms with Gasteiger partial charge in [0, 0.05) is 17.4 Å². The van der Waals surface area contributed by atoms with Crippen LogP contribution in [0.2, 0.25) is 0 Å². The Labute approximate surface area is 113 Å². The molecule has 0 fully saturated rings. The van der Waals surface area contributed by atoms with Crippen LogP contribution in [0.3, 0.4) is 0 Å². The van der Waals surface area contributed by atoms with E-state index >= 15 is 0 Å². The highest BCUT2D eigenvalue weighted by molar-refractivity contribution is 5.86. The lowest BCUT2D eigenvalue weighted by Gasteiger charge is -2.16. The molecule has 1 aromatic heterocycles. The molecule has 1 aliphatic heterocycles. The Morgan fingerprint density at radius 1 is 1.26 bits per heavy atom. The minimum atomic E-state index is -0.572. The average molecular weight is 260 g/mol. The van der Waals surface area contributed by atoms with E-state index in [-0.39, 0.29) is 11.5 Å². The Bertz CT molecular complexity index is 622. The lowest BCUT2D eigenvalue weighted by Crippen LogP contribution is -2.24. The quantitative estimate of drug-likeness (QED) is 0.892. The van der Waals surface area contributed by atoms with Crippen molar-refractivity contribution in [1.29, 1.82) is 0 Å². The van der Waals surface area contributed by atoms with Gasteiger partial charge in [-0.05, 0) is 25.8 Å². The summed E-state index contributed by atoms with van der Waals surface area (Å²) in [5, 5.41) is 11.1. The molecule has 1 unspecified atom stereocenters. The van der Waals surface area contributed by atoms with E-state index < -0.39 is 6.10 Å². The number of hydrogen-bond acceptors (Lipinski definition) is 3. The molecule has 0 aliphatic carbocycles. The molecule has 1 aromatic carbocycles. The van der Waals surface area contributed by atoms with Gasteiger partial charge in [-0.25, -0.2) is 0 Å². The summed E-state index contributed by atoms with van der Waals surface area (Å²) in [5.74, 6) is 1.59. The Morgan fingerprint density at radius 2 is 2.00 bits per heavy atom. The van der Waals surface area contributed by atoms with Gasteiger partial charge in [-0.1, -0.05) is 26.0 Å². The second kappa shape index (κ2) is 4.01. The fourth-order valence-corrected chi connectivity index (χ4v) is 2.63. The first-order chi connectivity index (χ1) is 8.87. The van der Waals surface area contributed by atoms with E-state index in [0.717, 1.165) is 23.1 Å². The van der Waals surface area contributed by atoms with E-state index in [9.17, 15) is 5.11 Å². The predicted octanol–water partition coefficient (Wildman–Crippen LogP) is 3.84. The molecule has 0 bridgehead atoms. The summed E-state index contributed by atoms with van der Waals surface area (Å²) in [4.78, 5) is 0. The van der Waals surface area contributed by atoms with Gasteiger partial charge >= 0.3 is 0 Å². The van der Waals surface area contributed by atoms with Crippen molar-refractivity contribution in [2.24, 2.45) is 5.92 Å². The van der Waals surface area contributed by atoms with Gasteiger partial charge in [-0.15, -0.1) is 0 Å². The van der Waals surface area contributed by atoms with E-state index in [1.165, 1.54) is 5.56 Å². The Kier molecular flexibility index (Phi) is 2.65. The SMILES string of the molecule is CC(C)C(O)c1cc2ccc3c(c2o1)OC(C)(C)C3. The molecular formula is C16H20O3. The summed E-state index contributed by atoms with van der Waals surface area (Å²) in [6, 6.07) is 6.04. The molecule has 3 heteroatoms. The van der Waals surface area contributed by atoms with Crippen molar-refractivity contribution < 1.29 is 14.3 Å². The molecule has 0 saturated heterocycles. The van der Waals surface area contributed by atoms with Crippen LogP contribution in [0.4, 0.5) is 0 Å². The normalized spacial score (nSPS) is 18.6. The first-order valence-electron chi connectivity index (χ1n) is 6.80. The van der Waals surface area contributed by atoms with E-state index in [4.69, 9.17) is 9.15 Å². The number of furan rings is 1. The maximum atomic E-state index is 10.1. The fraction of sp³-hybridized carbons (Fsp3) is 0.500. The van der Waals surface area contributed by atoms with Gasteiger partial charge in [0.25, 0.3) is 0 Å². The first kappa shape index (κ1) is 12.5. The number of aliphatic hydroxyl groups is 1. The molecule has 0 radical (unpaired) electrons. The van der Waals surface area contributed by atoms with Crippen molar-refractivity contribution >= 4 is 11.0 Å². The summed E-state index contributed by atoms with van der Waals surface area (Å²) >= 11 is 0. The lowest BCUT2D eigenvalue weighted by molar-refractivity contribution is 0.103. The van der Waals surface area contributed by atoms with Crippen LogP contribution in [0.15, 0.2) is 22.6 Å². The summed E-state index contributed by atoms with van der Waals surface area (Å²) in [6.07, 6.45) is 0.318. The van der Waals surface area contributed by atoms with Crippen LogP contribution in [0.1, 0.15) is 45.1 Å². The molecule has 1 atom stereocenters. The van der Waals surface area contributed by atoms with Crippen LogP contribution in [-0.4, -0.2) is 10.7 Å². The number of hydrogen-bond donors (Lipinski definition) is 1. The third-order valence-electron chi connectivity index (χ3n) is 3.66. The third kappa shape index (κ3) is 2.02. The topological polar surface area (TPSA) is 42.6 Å². The molecule has 19 heavy (non-hydrogen) atoms. The number of rotatable bonds is 2. The number of fused-ring (bicyclic) bond motifs is 3. The molecule has 3 nitrogen and oxygen atoms in total. The maximum Gasteiger partial charge on any atom is 0.176 e. The third-order valence-corrected chi connectivity index (χ3v) is 3.66. The molecule has 0 saturated carbocycles. The summed E-state index contributed by atoms with van der Waals surface area (Å²) in [6.45, 7) is 8.10. The summed E-state index contributed by atoms with van der Waals surface area (Å²) in [7, 11) is 0. The van der Waals surface area contributed by atoms with Crippen molar-refractivity contribution in [3.63, 3.8) is 0 Å². The Hall–Kier alpha value is -1.48. The van der Waals surface area contributed by atoms with E-state index in [2.05, 4.69) is 19.9 Å². The summed E-state index contributed by atoms with van der Waals surface area (Å²) < 4.78 is 11.8. The molecule has 0 amide bonds. The van der Waals surface area contributed by atoms with Crippen molar-refractivity contribution in [2.75, 3.05) is 0 Å². The Morgan fingerprint density at radius 3 is 2.68 bits per heavy atom. The second-order valence-electron chi connectivity index (χ2n) is 6.35. The van der Waals surface area contributed by atoms with Crippen LogP contribution in [0.5, 0.6) is 5.75 Å². The van der Waals surface area contributed by atoms with Crippen LogP contribution in [-0.2, 0) is 6.42 Å². The lowest BCUT2D eigenvalue weighted by atomic mass is 10.0. The van der Waals surface area contributed by atoms with Gasteiger partial charge in [0.1, 0.15) is 17.5 Å². The maximum absolute atomic E-state index is 10.1. The molecule has 102 valence electrons. The summed E-state index contributed by atoms with van der Waals surface area (Å²) in [5.41, 5.74) is 1.76. The van der Waals surface area contributed by atoms with Crippen molar-refractivity contribution in [3.05, 3.63) is 29.5 Å². The predicted molar refractivity (Wildman–Crippen MR) is 74.4 cm³/mol.